The lowest BCUT2D eigenvalue weighted by molar-refractivity contribution is 1.17. The van der Waals surface area contributed by atoms with E-state index in [1.807, 2.05) is 6.07 Å². The van der Waals surface area contributed by atoms with Gasteiger partial charge in [-0.15, -0.1) is 0 Å². The van der Waals surface area contributed by atoms with E-state index in [-0.39, 0.29) is 0 Å². The molecule has 0 spiro atoms. The highest BCUT2D eigenvalue weighted by Crippen LogP contribution is 2.35. The summed E-state index contributed by atoms with van der Waals surface area (Å²) in [6, 6.07) is 25.5. The monoisotopic (exact) mass is 335 g/mol. The minimum absolute atomic E-state index is 0.941. The third-order valence-electron chi connectivity index (χ3n) is 4.89. The van der Waals surface area contributed by atoms with Crippen molar-refractivity contribution in [1.29, 1.82) is 0 Å². The minimum atomic E-state index is 0.941. The van der Waals surface area contributed by atoms with Gasteiger partial charge in [-0.05, 0) is 48.9 Å². The number of aromatic nitrogens is 3. The van der Waals surface area contributed by atoms with Gasteiger partial charge in [0.15, 0.2) is 0 Å². The van der Waals surface area contributed by atoms with E-state index in [9.17, 15) is 0 Å². The van der Waals surface area contributed by atoms with Crippen molar-refractivity contribution in [2.75, 3.05) is 0 Å². The first-order valence-corrected chi connectivity index (χ1v) is 8.68. The van der Waals surface area contributed by atoms with Crippen molar-refractivity contribution in [3.8, 4) is 16.9 Å². The lowest BCUT2D eigenvalue weighted by atomic mass is 10.0. The molecule has 2 aromatic heterocycles. The Balaban J connectivity index is 1.89. The fourth-order valence-corrected chi connectivity index (χ4v) is 3.73. The Morgan fingerprint density at radius 3 is 2.50 bits per heavy atom. The van der Waals surface area contributed by atoms with Crippen LogP contribution in [0.25, 0.3) is 38.8 Å². The first kappa shape index (κ1) is 14.8. The Bertz CT molecular complexity index is 1220. The molecule has 0 aliphatic heterocycles. The van der Waals surface area contributed by atoms with Crippen LogP contribution in [0.4, 0.5) is 0 Å². The van der Waals surface area contributed by atoms with Crippen LogP contribution in [0.15, 0.2) is 85.3 Å². The van der Waals surface area contributed by atoms with Crippen molar-refractivity contribution in [3.05, 3.63) is 90.9 Å². The van der Waals surface area contributed by atoms with E-state index in [0.717, 1.165) is 11.3 Å². The molecule has 0 saturated carbocycles. The number of benzene rings is 3. The van der Waals surface area contributed by atoms with Gasteiger partial charge >= 0.3 is 0 Å². The van der Waals surface area contributed by atoms with Gasteiger partial charge in [0.25, 0.3) is 0 Å². The van der Waals surface area contributed by atoms with E-state index in [1.54, 1.807) is 12.5 Å². The molecule has 0 radical (unpaired) electrons. The molecule has 0 saturated heterocycles. The molecule has 0 N–H and O–H groups in total. The largest absolute Gasteiger partial charge is 0.309 e. The zero-order valence-electron chi connectivity index (χ0n) is 14.4. The standard InChI is InChI=1S/C23H17N3/c1-16-6-5-9-22-23(16)19-14-17(20-12-13-24-15-25-20)10-11-21(19)26(22)18-7-3-2-4-8-18/h2-15H,1H3. The van der Waals surface area contributed by atoms with Gasteiger partial charge in [-0.1, -0.05) is 36.4 Å². The molecule has 124 valence electrons. The maximum absolute atomic E-state index is 4.41. The summed E-state index contributed by atoms with van der Waals surface area (Å²) in [5.74, 6) is 0. The van der Waals surface area contributed by atoms with E-state index in [1.165, 1.54) is 33.1 Å². The molecule has 0 atom stereocenters. The quantitative estimate of drug-likeness (QED) is 0.423. The second-order valence-corrected chi connectivity index (χ2v) is 6.47. The summed E-state index contributed by atoms with van der Waals surface area (Å²) < 4.78 is 2.33. The summed E-state index contributed by atoms with van der Waals surface area (Å²) in [5.41, 5.74) is 6.94. The highest BCUT2D eigenvalue weighted by Gasteiger charge is 2.14. The Morgan fingerprint density at radius 2 is 1.69 bits per heavy atom. The molecule has 0 bridgehead atoms. The van der Waals surface area contributed by atoms with Gasteiger partial charge < -0.3 is 4.57 Å². The summed E-state index contributed by atoms with van der Waals surface area (Å²) >= 11 is 0. The summed E-state index contributed by atoms with van der Waals surface area (Å²) in [6.07, 6.45) is 3.38. The van der Waals surface area contributed by atoms with Crippen LogP contribution >= 0.6 is 0 Å². The predicted octanol–water partition coefficient (Wildman–Crippen LogP) is 5.55. The number of hydrogen-bond donors (Lipinski definition) is 0. The average molecular weight is 335 g/mol. The minimum Gasteiger partial charge on any atom is -0.309 e. The summed E-state index contributed by atoms with van der Waals surface area (Å²) in [4.78, 5) is 8.43. The molecule has 3 nitrogen and oxygen atoms in total. The van der Waals surface area contributed by atoms with Crippen LogP contribution in [0.2, 0.25) is 0 Å². The lowest BCUT2D eigenvalue weighted by Gasteiger charge is -2.08. The number of fused-ring (bicyclic) bond motifs is 3. The van der Waals surface area contributed by atoms with Crippen molar-refractivity contribution >= 4 is 21.8 Å². The zero-order valence-corrected chi connectivity index (χ0v) is 14.4. The number of aryl methyl sites for hydroxylation is 1. The molecule has 26 heavy (non-hydrogen) atoms. The second kappa shape index (κ2) is 5.81. The molecule has 3 aromatic carbocycles. The fraction of sp³-hybridized carbons (Fsp3) is 0.0435. The molecule has 0 amide bonds. The SMILES string of the molecule is Cc1cccc2c1c1cc(-c3ccncn3)ccc1n2-c1ccccc1. The van der Waals surface area contributed by atoms with Gasteiger partial charge in [-0.25, -0.2) is 9.97 Å². The third-order valence-corrected chi connectivity index (χ3v) is 4.89. The first-order valence-electron chi connectivity index (χ1n) is 8.68. The molecular weight excluding hydrogens is 318 g/mol. The molecule has 3 heteroatoms. The van der Waals surface area contributed by atoms with Crippen LogP contribution in [0, 0.1) is 6.92 Å². The molecule has 5 aromatic rings. The van der Waals surface area contributed by atoms with Gasteiger partial charge in [0.05, 0.1) is 16.7 Å². The predicted molar refractivity (Wildman–Crippen MR) is 107 cm³/mol. The molecule has 0 aliphatic carbocycles. The van der Waals surface area contributed by atoms with Gasteiger partial charge in [0, 0.05) is 28.2 Å². The summed E-state index contributed by atoms with van der Waals surface area (Å²) in [6.45, 7) is 2.18. The smallest absolute Gasteiger partial charge is 0.116 e. The Kier molecular flexibility index (Phi) is 3.32. The summed E-state index contributed by atoms with van der Waals surface area (Å²) in [7, 11) is 0. The van der Waals surface area contributed by atoms with Gasteiger partial charge in [0.2, 0.25) is 0 Å². The highest BCUT2D eigenvalue weighted by atomic mass is 15.0. The van der Waals surface area contributed by atoms with Crippen LogP contribution in [-0.4, -0.2) is 14.5 Å². The van der Waals surface area contributed by atoms with Crippen molar-refractivity contribution in [1.82, 2.24) is 14.5 Å². The highest BCUT2D eigenvalue weighted by molar-refractivity contribution is 6.11. The number of hydrogen-bond acceptors (Lipinski definition) is 2. The van der Waals surface area contributed by atoms with Crippen LogP contribution < -0.4 is 0 Å². The van der Waals surface area contributed by atoms with Crippen LogP contribution in [0.5, 0.6) is 0 Å². The molecule has 5 rings (SSSR count). The van der Waals surface area contributed by atoms with Gasteiger partial charge in [-0.2, -0.15) is 0 Å². The molecular formula is C23H17N3. The first-order chi connectivity index (χ1) is 12.8. The van der Waals surface area contributed by atoms with E-state index in [0.29, 0.717) is 0 Å². The number of rotatable bonds is 2. The topological polar surface area (TPSA) is 30.7 Å². The summed E-state index contributed by atoms with van der Waals surface area (Å²) in [5, 5.41) is 2.54. The average Bonchev–Trinajstić information content (AvgIpc) is 3.04. The second-order valence-electron chi connectivity index (χ2n) is 6.47. The van der Waals surface area contributed by atoms with Gasteiger partial charge in [-0.3, -0.25) is 0 Å². The Morgan fingerprint density at radius 1 is 0.808 bits per heavy atom. The van der Waals surface area contributed by atoms with Crippen molar-refractivity contribution in [3.63, 3.8) is 0 Å². The van der Waals surface area contributed by atoms with Crippen molar-refractivity contribution in [2.24, 2.45) is 0 Å². The van der Waals surface area contributed by atoms with E-state index < -0.39 is 0 Å². The fourth-order valence-electron chi connectivity index (χ4n) is 3.73. The van der Waals surface area contributed by atoms with E-state index >= 15 is 0 Å². The zero-order chi connectivity index (χ0) is 17.5. The maximum atomic E-state index is 4.41. The maximum Gasteiger partial charge on any atom is 0.116 e. The number of para-hydroxylation sites is 1. The Hall–Kier alpha value is -3.46. The number of nitrogens with zero attached hydrogens (tertiary/aromatic N) is 3. The van der Waals surface area contributed by atoms with Crippen molar-refractivity contribution in [2.45, 2.75) is 6.92 Å². The third kappa shape index (κ3) is 2.21. The van der Waals surface area contributed by atoms with Crippen LogP contribution in [0.3, 0.4) is 0 Å². The van der Waals surface area contributed by atoms with E-state index in [4.69, 9.17) is 0 Å². The molecule has 0 unspecified atom stereocenters. The Labute approximate surface area is 151 Å². The van der Waals surface area contributed by atoms with Crippen LogP contribution in [0.1, 0.15) is 5.56 Å². The van der Waals surface area contributed by atoms with E-state index in [2.05, 4.69) is 88.2 Å². The lowest BCUT2D eigenvalue weighted by Crippen LogP contribution is -1.93. The van der Waals surface area contributed by atoms with Crippen molar-refractivity contribution < 1.29 is 0 Å². The molecule has 2 heterocycles. The molecule has 0 aliphatic rings. The van der Waals surface area contributed by atoms with Crippen LogP contribution in [-0.2, 0) is 0 Å². The normalized spacial score (nSPS) is 11.3. The van der Waals surface area contributed by atoms with Gasteiger partial charge in [0.1, 0.15) is 6.33 Å². The molecule has 0 fully saturated rings.